The second-order valence-electron chi connectivity index (χ2n) is 2.32. The first kappa shape index (κ1) is 7.79. The Morgan fingerprint density at radius 3 is 2.73 bits per heavy atom. The smallest absolute Gasteiger partial charge is 0.0628 e. The number of aryl methyl sites for hydroxylation is 1. The van der Waals surface area contributed by atoms with Gasteiger partial charge in [-0.15, -0.1) is 0 Å². The molecule has 0 aliphatic rings. The summed E-state index contributed by atoms with van der Waals surface area (Å²) in [6, 6.07) is 3.94. The Bertz CT molecular complexity index is 266. The fourth-order valence-electron chi connectivity index (χ4n) is 0.958. The van der Waals surface area contributed by atoms with E-state index in [1.807, 2.05) is 26.1 Å². The molecule has 0 bridgehead atoms. The quantitative estimate of drug-likeness (QED) is 0.694. The molecule has 0 atom stereocenters. The standard InChI is InChI=1S/C9H12N2/c1-4-8-5-6-9(10-3)7(2)11-8/h4-6,10H,1H2,2-3H3. The van der Waals surface area contributed by atoms with Gasteiger partial charge in [-0.1, -0.05) is 6.58 Å². The van der Waals surface area contributed by atoms with E-state index < -0.39 is 0 Å². The van der Waals surface area contributed by atoms with E-state index in [4.69, 9.17) is 0 Å². The summed E-state index contributed by atoms with van der Waals surface area (Å²) >= 11 is 0. The molecule has 0 spiro atoms. The van der Waals surface area contributed by atoms with Crippen molar-refractivity contribution < 1.29 is 0 Å². The minimum atomic E-state index is 0.918. The predicted octanol–water partition coefficient (Wildman–Crippen LogP) is 2.07. The SMILES string of the molecule is C=Cc1ccc(NC)c(C)n1. The van der Waals surface area contributed by atoms with Crippen LogP contribution in [0.3, 0.4) is 0 Å². The Labute approximate surface area is 67.0 Å². The third-order valence-corrected chi connectivity index (χ3v) is 1.59. The van der Waals surface area contributed by atoms with Gasteiger partial charge in [0.1, 0.15) is 0 Å². The third kappa shape index (κ3) is 1.58. The second kappa shape index (κ2) is 3.19. The molecule has 0 unspecified atom stereocenters. The first-order chi connectivity index (χ1) is 5.27. The normalized spacial score (nSPS) is 9.27. The van der Waals surface area contributed by atoms with Crippen molar-refractivity contribution in [3.8, 4) is 0 Å². The average Bonchev–Trinajstić information content (AvgIpc) is 2.04. The lowest BCUT2D eigenvalue weighted by molar-refractivity contribution is 1.17. The van der Waals surface area contributed by atoms with Crippen LogP contribution >= 0.6 is 0 Å². The van der Waals surface area contributed by atoms with Gasteiger partial charge in [0.25, 0.3) is 0 Å². The van der Waals surface area contributed by atoms with E-state index in [-0.39, 0.29) is 0 Å². The fourth-order valence-corrected chi connectivity index (χ4v) is 0.958. The molecule has 0 saturated heterocycles. The highest BCUT2D eigenvalue weighted by molar-refractivity contribution is 5.52. The number of hydrogen-bond donors (Lipinski definition) is 1. The minimum absolute atomic E-state index is 0.918. The number of aromatic nitrogens is 1. The lowest BCUT2D eigenvalue weighted by Gasteiger charge is -2.03. The zero-order valence-corrected chi connectivity index (χ0v) is 6.89. The minimum Gasteiger partial charge on any atom is -0.387 e. The maximum absolute atomic E-state index is 4.28. The van der Waals surface area contributed by atoms with Gasteiger partial charge in [-0.2, -0.15) is 0 Å². The van der Waals surface area contributed by atoms with E-state index >= 15 is 0 Å². The molecule has 2 nitrogen and oxygen atoms in total. The Kier molecular flexibility index (Phi) is 2.26. The molecule has 0 aliphatic heterocycles. The Balaban J connectivity index is 3.09. The number of rotatable bonds is 2. The predicted molar refractivity (Wildman–Crippen MR) is 48.6 cm³/mol. The summed E-state index contributed by atoms with van der Waals surface area (Å²) in [6.07, 6.45) is 1.74. The fraction of sp³-hybridized carbons (Fsp3) is 0.222. The van der Waals surface area contributed by atoms with Gasteiger partial charge < -0.3 is 5.32 Å². The molecule has 1 rings (SSSR count). The summed E-state index contributed by atoms with van der Waals surface area (Å²) in [5, 5.41) is 3.05. The summed E-state index contributed by atoms with van der Waals surface area (Å²) in [5.74, 6) is 0. The van der Waals surface area contributed by atoms with Crippen molar-refractivity contribution >= 4 is 11.8 Å². The van der Waals surface area contributed by atoms with Crippen molar-refractivity contribution in [1.29, 1.82) is 0 Å². The molecule has 0 saturated carbocycles. The second-order valence-corrected chi connectivity index (χ2v) is 2.32. The molecule has 0 radical (unpaired) electrons. The van der Waals surface area contributed by atoms with Gasteiger partial charge >= 0.3 is 0 Å². The van der Waals surface area contributed by atoms with Crippen molar-refractivity contribution in [1.82, 2.24) is 4.98 Å². The zero-order chi connectivity index (χ0) is 8.27. The lowest BCUT2D eigenvalue weighted by atomic mass is 10.2. The largest absolute Gasteiger partial charge is 0.387 e. The van der Waals surface area contributed by atoms with Crippen LogP contribution in [0.2, 0.25) is 0 Å². The molecule has 1 aromatic rings. The van der Waals surface area contributed by atoms with Gasteiger partial charge in [-0.3, -0.25) is 4.98 Å². The molecule has 0 aliphatic carbocycles. The van der Waals surface area contributed by atoms with E-state index in [0.29, 0.717) is 0 Å². The number of hydrogen-bond acceptors (Lipinski definition) is 2. The third-order valence-electron chi connectivity index (χ3n) is 1.59. The van der Waals surface area contributed by atoms with Crippen LogP contribution in [0.15, 0.2) is 18.7 Å². The van der Waals surface area contributed by atoms with E-state index in [0.717, 1.165) is 17.1 Å². The molecule has 0 amide bonds. The van der Waals surface area contributed by atoms with Crippen molar-refractivity contribution in [3.63, 3.8) is 0 Å². The van der Waals surface area contributed by atoms with E-state index in [9.17, 15) is 0 Å². The van der Waals surface area contributed by atoms with Crippen LogP contribution in [0.1, 0.15) is 11.4 Å². The maximum atomic E-state index is 4.28. The molecule has 0 aromatic carbocycles. The number of nitrogens with one attached hydrogen (secondary N) is 1. The Hall–Kier alpha value is -1.31. The van der Waals surface area contributed by atoms with Gasteiger partial charge in [-0.25, -0.2) is 0 Å². The molecule has 1 N–H and O–H groups in total. The topological polar surface area (TPSA) is 24.9 Å². The number of anilines is 1. The summed E-state index contributed by atoms with van der Waals surface area (Å²) in [6.45, 7) is 5.62. The molecular weight excluding hydrogens is 136 g/mol. The summed E-state index contributed by atoms with van der Waals surface area (Å²) in [7, 11) is 1.89. The maximum Gasteiger partial charge on any atom is 0.0628 e. The van der Waals surface area contributed by atoms with Crippen LogP contribution in [-0.2, 0) is 0 Å². The first-order valence-electron chi connectivity index (χ1n) is 3.55. The van der Waals surface area contributed by atoms with Gasteiger partial charge in [0.15, 0.2) is 0 Å². The summed E-state index contributed by atoms with van der Waals surface area (Å²) in [4.78, 5) is 4.28. The zero-order valence-electron chi connectivity index (χ0n) is 6.89. The van der Waals surface area contributed by atoms with Crippen LogP contribution in [-0.4, -0.2) is 12.0 Å². The van der Waals surface area contributed by atoms with Crippen molar-refractivity contribution in [2.45, 2.75) is 6.92 Å². The average molecular weight is 148 g/mol. The highest BCUT2D eigenvalue weighted by Gasteiger charge is 1.95. The summed E-state index contributed by atoms with van der Waals surface area (Å²) in [5.41, 5.74) is 2.99. The lowest BCUT2D eigenvalue weighted by Crippen LogP contribution is -1.94. The summed E-state index contributed by atoms with van der Waals surface area (Å²) < 4.78 is 0. The van der Waals surface area contributed by atoms with Crippen LogP contribution < -0.4 is 5.32 Å². The molecule has 0 fully saturated rings. The molecule has 58 valence electrons. The number of pyridine rings is 1. The van der Waals surface area contributed by atoms with Gasteiger partial charge in [0.2, 0.25) is 0 Å². The highest BCUT2D eigenvalue weighted by Crippen LogP contribution is 2.11. The Morgan fingerprint density at radius 2 is 2.27 bits per heavy atom. The van der Waals surface area contributed by atoms with Crippen LogP contribution in [0.25, 0.3) is 6.08 Å². The van der Waals surface area contributed by atoms with Crippen LogP contribution in [0.5, 0.6) is 0 Å². The van der Waals surface area contributed by atoms with Crippen LogP contribution in [0, 0.1) is 6.92 Å². The van der Waals surface area contributed by atoms with E-state index in [1.54, 1.807) is 6.08 Å². The van der Waals surface area contributed by atoms with Crippen molar-refractivity contribution in [3.05, 3.63) is 30.1 Å². The van der Waals surface area contributed by atoms with Crippen LogP contribution in [0.4, 0.5) is 5.69 Å². The molecule has 1 aromatic heterocycles. The molecule has 2 heteroatoms. The van der Waals surface area contributed by atoms with Gasteiger partial charge in [0, 0.05) is 7.05 Å². The van der Waals surface area contributed by atoms with Gasteiger partial charge in [0.05, 0.1) is 17.1 Å². The van der Waals surface area contributed by atoms with Crippen molar-refractivity contribution in [2.75, 3.05) is 12.4 Å². The number of nitrogens with zero attached hydrogens (tertiary/aromatic N) is 1. The molecule has 11 heavy (non-hydrogen) atoms. The molecular formula is C9H12N2. The molecule has 1 heterocycles. The van der Waals surface area contributed by atoms with E-state index in [2.05, 4.69) is 16.9 Å². The Morgan fingerprint density at radius 1 is 1.55 bits per heavy atom. The van der Waals surface area contributed by atoms with E-state index in [1.165, 1.54) is 0 Å². The monoisotopic (exact) mass is 148 g/mol. The highest BCUT2D eigenvalue weighted by atomic mass is 14.9. The van der Waals surface area contributed by atoms with Crippen molar-refractivity contribution in [2.24, 2.45) is 0 Å². The first-order valence-corrected chi connectivity index (χ1v) is 3.55. The van der Waals surface area contributed by atoms with Gasteiger partial charge in [-0.05, 0) is 25.1 Å².